The monoisotopic (exact) mass is 401 g/mol. The minimum absolute atomic E-state index is 0.0957. The summed E-state index contributed by atoms with van der Waals surface area (Å²) < 4.78 is 41.5. The molecule has 1 saturated carbocycles. The van der Waals surface area contributed by atoms with Crippen molar-refractivity contribution < 1.29 is 13.2 Å². The Kier molecular flexibility index (Phi) is 3.93. The summed E-state index contributed by atoms with van der Waals surface area (Å²) in [5.74, 6) is 1.16. The first kappa shape index (κ1) is 18.1. The quantitative estimate of drug-likeness (QED) is 0.657. The summed E-state index contributed by atoms with van der Waals surface area (Å²) in [5.41, 5.74) is 1.80. The molecular formula is C19H18F3N7. The van der Waals surface area contributed by atoms with Gasteiger partial charge in [0.25, 0.3) is 0 Å². The molecule has 150 valence electrons. The van der Waals surface area contributed by atoms with Crippen LogP contribution in [0.25, 0.3) is 17.0 Å². The Hall–Kier alpha value is -2.93. The van der Waals surface area contributed by atoms with Gasteiger partial charge >= 0.3 is 6.18 Å². The van der Waals surface area contributed by atoms with Gasteiger partial charge in [0.1, 0.15) is 17.0 Å². The number of halogens is 3. The van der Waals surface area contributed by atoms with Crippen molar-refractivity contribution in [3.05, 3.63) is 36.5 Å². The molecule has 29 heavy (non-hydrogen) atoms. The molecule has 5 rings (SSSR count). The molecule has 0 bridgehead atoms. The SMILES string of the molecule is N#CCC1(n2cc(-c3nc(C4CC4)cc4nccn34)cn2)CN(CC(F)(F)F)C1. The molecule has 4 heterocycles. The number of nitriles is 1. The van der Waals surface area contributed by atoms with Crippen molar-refractivity contribution in [2.45, 2.75) is 36.9 Å². The zero-order valence-electron chi connectivity index (χ0n) is 15.5. The van der Waals surface area contributed by atoms with Gasteiger partial charge in [-0.2, -0.15) is 23.5 Å². The molecule has 1 aliphatic heterocycles. The van der Waals surface area contributed by atoms with Crippen molar-refractivity contribution in [2.24, 2.45) is 0 Å². The van der Waals surface area contributed by atoms with Gasteiger partial charge in [0, 0.05) is 49.4 Å². The van der Waals surface area contributed by atoms with Gasteiger partial charge in [-0.25, -0.2) is 9.97 Å². The van der Waals surface area contributed by atoms with Crippen molar-refractivity contribution in [3.8, 4) is 17.5 Å². The van der Waals surface area contributed by atoms with Crippen LogP contribution in [0.4, 0.5) is 13.2 Å². The van der Waals surface area contributed by atoms with Crippen LogP contribution in [-0.4, -0.2) is 54.9 Å². The van der Waals surface area contributed by atoms with Crippen molar-refractivity contribution in [1.82, 2.24) is 29.0 Å². The van der Waals surface area contributed by atoms with E-state index in [4.69, 9.17) is 4.98 Å². The molecule has 3 aromatic heterocycles. The Morgan fingerprint density at radius 3 is 2.76 bits per heavy atom. The fraction of sp³-hybridized carbons (Fsp3) is 0.474. The number of aromatic nitrogens is 5. The highest BCUT2D eigenvalue weighted by molar-refractivity contribution is 5.59. The lowest BCUT2D eigenvalue weighted by Gasteiger charge is -2.49. The van der Waals surface area contributed by atoms with E-state index >= 15 is 0 Å². The molecule has 2 fully saturated rings. The van der Waals surface area contributed by atoms with Crippen LogP contribution in [0, 0.1) is 11.3 Å². The molecule has 10 heteroatoms. The van der Waals surface area contributed by atoms with Crippen LogP contribution in [0.15, 0.2) is 30.9 Å². The fourth-order valence-corrected chi connectivity index (χ4v) is 4.07. The minimum atomic E-state index is -4.26. The normalized spacial score (nSPS) is 19.2. The predicted octanol–water partition coefficient (Wildman–Crippen LogP) is 2.96. The number of rotatable bonds is 5. The van der Waals surface area contributed by atoms with Crippen LogP contribution < -0.4 is 0 Å². The third-order valence-corrected chi connectivity index (χ3v) is 5.58. The molecule has 7 nitrogen and oxygen atoms in total. The zero-order chi connectivity index (χ0) is 20.2. The molecule has 0 spiro atoms. The van der Waals surface area contributed by atoms with Crippen molar-refractivity contribution in [1.29, 1.82) is 5.26 Å². The second-order valence-corrected chi connectivity index (χ2v) is 7.93. The maximum absolute atomic E-state index is 12.7. The summed E-state index contributed by atoms with van der Waals surface area (Å²) in [4.78, 5) is 10.5. The maximum atomic E-state index is 12.7. The van der Waals surface area contributed by atoms with E-state index in [1.54, 1.807) is 23.3 Å². The zero-order valence-corrected chi connectivity index (χ0v) is 15.5. The second kappa shape index (κ2) is 6.29. The van der Waals surface area contributed by atoms with E-state index < -0.39 is 18.3 Å². The van der Waals surface area contributed by atoms with Crippen molar-refractivity contribution in [3.63, 3.8) is 0 Å². The van der Waals surface area contributed by atoms with Crippen LogP contribution in [-0.2, 0) is 5.54 Å². The topological polar surface area (TPSA) is 75.0 Å². The van der Waals surface area contributed by atoms with E-state index in [2.05, 4.69) is 16.2 Å². The smallest absolute Gasteiger partial charge is 0.290 e. The van der Waals surface area contributed by atoms with Crippen LogP contribution in [0.1, 0.15) is 30.9 Å². The largest absolute Gasteiger partial charge is 0.401 e. The maximum Gasteiger partial charge on any atom is 0.401 e. The summed E-state index contributed by atoms with van der Waals surface area (Å²) in [6.07, 6.45) is 5.04. The first-order valence-corrected chi connectivity index (χ1v) is 9.42. The molecule has 1 aliphatic carbocycles. The van der Waals surface area contributed by atoms with Gasteiger partial charge in [-0.1, -0.05) is 0 Å². The average molecular weight is 401 g/mol. The van der Waals surface area contributed by atoms with Crippen LogP contribution >= 0.6 is 0 Å². The second-order valence-electron chi connectivity index (χ2n) is 7.93. The number of alkyl halides is 3. The van der Waals surface area contributed by atoms with E-state index in [-0.39, 0.29) is 19.5 Å². The minimum Gasteiger partial charge on any atom is -0.290 e. The first-order valence-electron chi connectivity index (χ1n) is 9.42. The Morgan fingerprint density at radius 2 is 2.07 bits per heavy atom. The third kappa shape index (κ3) is 3.25. The van der Waals surface area contributed by atoms with Crippen LogP contribution in [0.5, 0.6) is 0 Å². The molecule has 3 aromatic rings. The molecule has 0 atom stereocenters. The summed E-state index contributed by atoms with van der Waals surface area (Å²) in [7, 11) is 0. The van der Waals surface area contributed by atoms with Crippen LogP contribution in [0.2, 0.25) is 0 Å². The molecule has 0 aromatic carbocycles. The standard InChI is InChI=1S/C19H18F3N7/c20-19(21,22)12-27-10-18(11-27,3-4-23)29-9-14(8-25-29)17-26-15(13-1-2-13)7-16-24-5-6-28(16)17/h5-9,13H,1-3,10-12H2. The van der Waals surface area contributed by atoms with Gasteiger partial charge in [0.15, 0.2) is 0 Å². The average Bonchev–Trinajstić information content (AvgIpc) is 3.17. The van der Waals surface area contributed by atoms with Gasteiger partial charge in [0.05, 0.1) is 30.8 Å². The van der Waals surface area contributed by atoms with Gasteiger partial charge in [-0.05, 0) is 12.8 Å². The van der Waals surface area contributed by atoms with E-state index in [0.717, 1.165) is 29.7 Å². The Bertz CT molecular complexity index is 1100. The van der Waals surface area contributed by atoms with Gasteiger partial charge in [-0.15, -0.1) is 0 Å². The highest BCUT2D eigenvalue weighted by atomic mass is 19.4. The highest BCUT2D eigenvalue weighted by Gasteiger charge is 2.48. The van der Waals surface area contributed by atoms with Crippen LogP contribution in [0.3, 0.4) is 0 Å². The summed E-state index contributed by atoms with van der Waals surface area (Å²) in [6.45, 7) is -0.705. The lowest BCUT2D eigenvalue weighted by atomic mass is 9.87. The summed E-state index contributed by atoms with van der Waals surface area (Å²) in [6, 6.07) is 4.09. The van der Waals surface area contributed by atoms with E-state index in [9.17, 15) is 18.4 Å². The Labute approximate surface area is 164 Å². The molecular weight excluding hydrogens is 383 g/mol. The highest BCUT2D eigenvalue weighted by Crippen LogP contribution is 2.40. The molecule has 2 aliphatic rings. The van der Waals surface area contributed by atoms with Gasteiger partial charge in [-0.3, -0.25) is 14.0 Å². The molecule has 0 radical (unpaired) electrons. The van der Waals surface area contributed by atoms with E-state index in [0.29, 0.717) is 11.7 Å². The third-order valence-electron chi connectivity index (χ3n) is 5.58. The van der Waals surface area contributed by atoms with E-state index in [1.165, 1.54) is 4.90 Å². The van der Waals surface area contributed by atoms with Crippen molar-refractivity contribution >= 4 is 5.65 Å². The number of fused-ring (bicyclic) bond motifs is 1. The van der Waals surface area contributed by atoms with Gasteiger partial charge in [0.2, 0.25) is 0 Å². The number of likely N-dealkylation sites (tertiary alicyclic amines) is 1. The number of imidazole rings is 1. The number of hydrogen-bond acceptors (Lipinski definition) is 5. The lowest BCUT2D eigenvalue weighted by Crippen LogP contribution is -2.64. The molecule has 1 saturated heterocycles. The Morgan fingerprint density at radius 1 is 1.28 bits per heavy atom. The molecule has 0 amide bonds. The predicted molar refractivity (Wildman–Crippen MR) is 96.9 cm³/mol. The van der Waals surface area contributed by atoms with Gasteiger partial charge < -0.3 is 0 Å². The summed E-state index contributed by atoms with van der Waals surface area (Å²) in [5, 5.41) is 13.6. The molecule has 0 unspecified atom stereocenters. The fourth-order valence-electron chi connectivity index (χ4n) is 4.07. The number of nitrogens with zero attached hydrogens (tertiary/aromatic N) is 7. The Balaban J connectivity index is 1.47. The number of hydrogen-bond donors (Lipinski definition) is 0. The first-order chi connectivity index (χ1) is 13.9. The summed E-state index contributed by atoms with van der Waals surface area (Å²) >= 11 is 0. The van der Waals surface area contributed by atoms with Crippen molar-refractivity contribution in [2.75, 3.05) is 19.6 Å². The molecule has 0 N–H and O–H groups in total. The lowest BCUT2D eigenvalue weighted by molar-refractivity contribution is -0.167. The van der Waals surface area contributed by atoms with E-state index in [1.807, 2.05) is 16.7 Å².